The topological polar surface area (TPSA) is 61.7 Å². The zero-order valence-corrected chi connectivity index (χ0v) is 7.95. The Kier molecular flexibility index (Phi) is 2.00. The van der Waals surface area contributed by atoms with Gasteiger partial charge in [0, 0.05) is 13.1 Å². The van der Waals surface area contributed by atoms with Gasteiger partial charge >= 0.3 is 0 Å². The Morgan fingerprint density at radius 2 is 2.07 bits per heavy atom. The molecule has 0 aliphatic carbocycles. The van der Waals surface area contributed by atoms with Crippen LogP contribution < -0.4 is 10.1 Å². The van der Waals surface area contributed by atoms with Crippen LogP contribution in [0.25, 0.3) is 0 Å². The Bertz CT molecular complexity index is 347. The molecule has 0 unspecified atom stereocenters. The van der Waals surface area contributed by atoms with Gasteiger partial charge in [-0.1, -0.05) is 6.07 Å². The monoisotopic (exact) mass is 195 g/mol. The van der Waals surface area contributed by atoms with Crippen molar-refractivity contribution in [1.82, 2.24) is 5.32 Å². The van der Waals surface area contributed by atoms with Crippen molar-refractivity contribution < 1.29 is 14.9 Å². The van der Waals surface area contributed by atoms with E-state index in [0.717, 1.165) is 13.1 Å². The Labute approximate surface area is 82.1 Å². The van der Waals surface area contributed by atoms with E-state index in [9.17, 15) is 10.2 Å². The van der Waals surface area contributed by atoms with Gasteiger partial charge in [-0.3, -0.25) is 0 Å². The standard InChI is InChI=1S/C10H13NO3/c1-10(5-11-6-10)14-8-4-2-3-7(12)9(8)13/h2-4,11-13H,5-6H2,1H3. The van der Waals surface area contributed by atoms with Gasteiger partial charge in [0.25, 0.3) is 0 Å². The Balaban J connectivity index is 2.20. The van der Waals surface area contributed by atoms with E-state index in [0.29, 0.717) is 5.75 Å². The maximum absolute atomic E-state index is 9.49. The van der Waals surface area contributed by atoms with E-state index in [4.69, 9.17) is 4.74 Å². The lowest BCUT2D eigenvalue weighted by Gasteiger charge is -2.39. The second kappa shape index (κ2) is 3.06. The summed E-state index contributed by atoms with van der Waals surface area (Å²) >= 11 is 0. The van der Waals surface area contributed by atoms with E-state index >= 15 is 0 Å². The molecule has 0 bridgehead atoms. The number of ether oxygens (including phenoxy) is 1. The van der Waals surface area contributed by atoms with E-state index in [-0.39, 0.29) is 17.1 Å². The number of hydrogen-bond acceptors (Lipinski definition) is 4. The number of phenolic OH excluding ortho intramolecular Hbond substituents is 2. The van der Waals surface area contributed by atoms with Crippen LogP contribution in [0.15, 0.2) is 18.2 Å². The number of hydrogen-bond donors (Lipinski definition) is 3. The summed E-state index contributed by atoms with van der Waals surface area (Å²) in [5, 5.41) is 21.8. The van der Waals surface area contributed by atoms with Gasteiger partial charge in [-0.15, -0.1) is 0 Å². The van der Waals surface area contributed by atoms with Gasteiger partial charge in [-0.2, -0.15) is 0 Å². The molecule has 0 atom stereocenters. The first-order valence-corrected chi connectivity index (χ1v) is 4.51. The van der Waals surface area contributed by atoms with E-state index in [2.05, 4.69) is 5.32 Å². The van der Waals surface area contributed by atoms with Crippen molar-refractivity contribution in [1.29, 1.82) is 0 Å². The van der Waals surface area contributed by atoms with Gasteiger partial charge in [0.2, 0.25) is 5.75 Å². The SMILES string of the molecule is CC1(Oc2cccc(O)c2O)CNC1. The van der Waals surface area contributed by atoms with E-state index < -0.39 is 0 Å². The summed E-state index contributed by atoms with van der Waals surface area (Å²) in [7, 11) is 0. The van der Waals surface area contributed by atoms with Crippen molar-refractivity contribution in [2.75, 3.05) is 13.1 Å². The molecule has 1 aliphatic heterocycles. The maximum Gasteiger partial charge on any atom is 0.200 e. The predicted octanol–water partition coefficient (Wildman–Crippen LogP) is 0.839. The molecule has 14 heavy (non-hydrogen) atoms. The lowest BCUT2D eigenvalue weighted by Crippen LogP contribution is -2.61. The Hall–Kier alpha value is -1.42. The molecule has 3 N–H and O–H groups in total. The molecular formula is C10H13NO3. The van der Waals surface area contributed by atoms with Gasteiger partial charge in [0.1, 0.15) is 5.60 Å². The lowest BCUT2D eigenvalue weighted by atomic mass is 10.00. The fourth-order valence-corrected chi connectivity index (χ4v) is 1.41. The Morgan fingerprint density at radius 1 is 1.36 bits per heavy atom. The van der Waals surface area contributed by atoms with Gasteiger partial charge in [-0.05, 0) is 19.1 Å². The van der Waals surface area contributed by atoms with Crippen LogP contribution in [0.1, 0.15) is 6.92 Å². The molecule has 0 saturated carbocycles. The van der Waals surface area contributed by atoms with Gasteiger partial charge < -0.3 is 20.3 Å². The second-order valence-electron chi connectivity index (χ2n) is 3.78. The Morgan fingerprint density at radius 3 is 2.64 bits per heavy atom. The van der Waals surface area contributed by atoms with Crippen LogP contribution in [0.2, 0.25) is 0 Å². The second-order valence-corrected chi connectivity index (χ2v) is 3.78. The first-order chi connectivity index (χ1) is 6.61. The third-order valence-electron chi connectivity index (χ3n) is 2.33. The largest absolute Gasteiger partial charge is 0.504 e. The minimum atomic E-state index is -0.273. The van der Waals surface area contributed by atoms with Crippen molar-refractivity contribution in [2.45, 2.75) is 12.5 Å². The van der Waals surface area contributed by atoms with Gasteiger partial charge in [0.05, 0.1) is 0 Å². The van der Waals surface area contributed by atoms with Crippen LogP contribution in [0.4, 0.5) is 0 Å². The third-order valence-corrected chi connectivity index (χ3v) is 2.33. The fourth-order valence-electron chi connectivity index (χ4n) is 1.41. The molecule has 4 heteroatoms. The molecule has 1 aromatic rings. The van der Waals surface area contributed by atoms with Crippen LogP contribution in [0.5, 0.6) is 17.2 Å². The van der Waals surface area contributed by atoms with Crippen molar-refractivity contribution in [3.63, 3.8) is 0 Å². The molecule has 1 fully saturated rings. The van der Waals surface area contributed by atoms with Crippen molar-refractivity contribution >= 4 is 0 Å². The average molecular weight is 195 g/mol. The fraction of sp³-hybridized carbons (Fsp3) is 0.400. The van der Waals surface area contributed by atoms with Crippen LogP contribution in [-0.4, -0.2) is 28.9 Å². The smallest absolute Gasteiger partial charge is 0.200 e. The number of para-hydroxylation sites is 1. The number of nitrogens with one attached hydrogen (secondary N) is 1. The van der Waals surface area contributed by atoms with E-state index in [1.165, 1.54) is 6.07 Å². The molecule has 1 heterocycles. The van der Waals surface area contributed by atoms with Gasteiger partial charge in [0.15, 0.2) is 11.5 Å². The quantitative estimate of drug-likeness (QED) is 0.612. The molecule has 1 aromatic carbocycles. The zero-order valence-electron chi connectivity index (χ0n) is 7.95. The summed E-state index contributed by atoms with van der Waals surface area (Å²) in [4.78, 5) is 0. The molecule has 1 saturated heterocycles. The summed E-state index contributed by atoms with van der Waals surface area (Å²) in [6.45, 7) is 3.46. The molecule has 76 valence electrons. The highest BCUT2D eigenvalue weighted by Gasteiger charge is 2.34. The number of phenols is 2. The highest BCUT2D eigenvalue weighted by atomic mass is 16.5. The van der Waals surface area contributed by atoms with Gasteiger partial charge in [-0.25, -0.2) is 0 Å². The maximum atomic E-state index is 9.49. The molecule has 0 radical (unpaired) electrons. The molecule has 0 spiro atoms. The molecule has 0 aromatic heterocycles. The van der Waals surface area contributed by atoms with Crippen molar-refractivity contribution in [3.8, 4) is 17.2 Å². The normalized spacial score (nSPS) is 18.6. The summed E-state index contributed by atoms with van der Waals surface area (Å²) in [5.74, 6) is -0.0204. The van der Waals surface area contributed by atoms with Crippen molar-refractivity contribution in [2.24, 2.45) is 0 Å². The number of benzene rings is 1. The molecule has 0 amide bonds. The summed E-state index contributed by atoms with van der Waals surface area (Å²) in [5.41, 5.74) is -0.273. The highest BCUT2D eigenvalue weighted by Crippen LogP contribution is 2.37. The minimum absolute atomic E-state index is 0.154. The predicted molar refractivity (Wildman–Crippen MR) is 51.7 cm³/mol. The van der Waals surface area contributed by atoms with Crippen LogP contribution in [0, 0.1) is 0 Å². The molecule has 1 aliphatic rings. The summed E-state index contributed by atoms with van der Waals surface area (Å²) < 4.78 is 5.58. The molecule has 2 rings (SSSR count). The highest BCUT2D eigenvalue weighted by molar-refractivity contribution is 5.49. The minimum Gasteiger partial charge on any atom is -0.504 e. The molecule has 4 nitrogen and oxygen atoms in total. The van der Waals surface area contributed by atoms with E-state index in [1.54, 1.807) is 12.1 Å². The summed E-state index contributed by atoms with van der Waals surface area (Å²) in [6.07, 6.45) is 0. The first-order valence-electron chi connectivity index (χ1n) is 4.51. The summed E-state index contributed by atoms with van der Waals surface area (Å²) in [6, 6.07) is 4.70. The average Bonchev–Trinajstić information content (AvgIpc) is 2.10. The first kappa shape index (κ1) is 9.15. The van der Waals surface area contributed by atoms with E-state index in [1.807, 2.05) is 6.92 Å². The third kappa shape index (κ3) is 1.48. The van der Waals surface area contributed by atoms with Crippen LogP contribution in [0.3, 0.4) is 0 Å². The lowest BCUT2D eigenvalue weighted by molar-refractivity contribution is 0.0321. The zero-order chi connectivity index (χ0) is 10.2. The van der Waals surface area contributed by atoms with Crippen LogP contribution >= 0.6 is 0 Å². The number of rotatable bonds is 2. The van der Waals surface area contributed by atoms with Crippen molar-refractivity contribution in [3.05, 3.63) is 18.2 Å². The number of aromatic hydroxyl groups is 2. The molecular weight excluding hydrogens is 182 g/mol. The van der Waals surface area contributed by atoms with Crippen LogP contribution in [-0.2, 0) is 0 Å².